The zero-order valence-corrected chi connectivity index (χ0v) is 34.1. The lowest BCUT2D eigenvalue weighted by molar-refractivity contribution is -0.384. The average molecular weight is 835 g/mol. The molecule has 15 nitrogen and oxygen atoms in total. The van der Waals surface area contributed by atoms with Crippen LogP contribution >= 0.6 is 11.8 Å². The molecule has 8 rings (SSSR count). The van der Waals surface area contributed by atoms with Crippen LogP contribution in [0.3, 0.4) is 0 Å². The Hall–Kier alpha value is -5.59. The molecule has 0 unspecified atom stereocenters. The lowest BCUT2D eigenvalue weighted by Crippen LogP contribution is -2.46. The number of benzene rings is 4. The Kier molecular flexibility index (Phi) is 12.6. The van der Waals surface area contributed by atoms with Crippen molar-refractivity contribution in [1.29, 1.82) is 0 Å². The number of fused-ring (bicyclic) bond motifs is 1. The van der Waals surface area contributed by atoms with Crippen LogP contribution < -0.4 is 14.9 Å². The number of para-hydroxylation sites is 1. The van der Waals surface area contributed by atoms with Crippen LogP contribution in [0.4, 0.5) is 22.9 Å². The SMILES string of the molecule is O=[N+]([O-])c1cc(S(=O)(=O)Nc2ncnc3cc(N4CCN(Cc5nccn5-c5ccccc5)CC4)ccc23)ccc1N[C@H](CCN1CCOCC1)CSc1ccccc1. The quantitative estimate of drug-likeness (QED) is 0.0650. The van der Waals surface area contributed by atoms with Crippen molar-refractivity contribution >= 4 is 55.6 Å². The minimum atomic E-state index is -4.27. The number of hydrogen-bond acceptors (Lipinski definition) is 13. The zero-order chi connectivity index (χ0) is 40.6. The monoisotopic (exact) mass is 834 g/mol. The first-order valence-electron chi connectivity index (χ1n) is 19.6. The molecule has 2 N–H and O–H groups in total. The molecule has 0 bridgehead atoms. The van der Waals surface area contributed by atoms with Gasteiger partial charge in [-0.2, -0.15) is 0 Å². The maximum atomic E-state index is 13.8. The van der Waals surface area contributed by atoms with Crippen LogP contribution in [0.2, 0.25) is 0 Å². The number of imidazole rings is 1. The van der Waals surface area contributed by atoms with Gasteiger partial charge in [0.2, 0.25) is 0 Å². The standard InChI is InChI=1S/C42H46N10O5S2/c53-52(54)40-28-36(12-14-38(40)46-32(15-17-48-23-25-57-26-24-48)30-58-35-9-5-2-6-10-35)59(55,56)47-42-37-13-11-34(27-39(37)44-31-45-42)50-21-19-49(20-22-50)29-41-43-16-18-51(41)33-7-3-1-4-8-33/h1-14,16,18,27-28,31-32,46H,15,17,19-26,29-30H2,(H,44,45,47)/t32-/m1/s1. The predicted molar refractivity (Wildman–Crippen MR) is 231 cm³/mol. The molecule has 6 aromatic rings. The third kappa shape index (κ3) is 10.00. The van der Waals surface area contributed by atoms with Crippen LogP contribution in [0.25, 0.3) is 16.6 Å². The summed E-state index contributed by atoms with van der Waals surface area (Å²) in [7, 11) is -4.27. The Bertz CT molecular complexity index is 2460. The molecule has 0 saturated carbocycles. The average Bonchev–Trinajstić information content (AvgIpc) is 3.73. The summed E-state index contributed by atoms with van der Waals surface area (Å²) in [6.07, 6.45) is 5.87. The van der Waals surface area contributed by atoms with E-state index in [4.69, 9.17) is 4.74 Å². The Labute approximate surface area is 347 Å². The summed E-state index contributed by atoms with van der Waals surface area (Å²) in [5.41, 5.74) is 2.56. The molecule has 17 heteroatoms. The highest BCUT2D eigenvalue weighted by molar-refractivity contribution is 7.99. The van der Waals surface area contributed by atoms with E-state index < -0.39 is 14.9 Å². The highest BCUT2D eigenvalue weighted by Gasteiger charge is 2.26. The molecule has 2 aliphatic rings. The van der Waals surface area contributed by atoms with Crippen LogP contribution in [0.1, 0.15) is 12.2 Å². The first-order chi connectivity index (χ1) is 28.8. The van der Waals surface area contributed by atoms with Crippen molar-refractivity contribution < 1.29 is 18.1 Å². The van der Waals surface area contributed by atoms with Crippen molar-refractivity contribution in [3.05, 3.63) is 132 Å². The van der Waals surface area contributed by atoms with Gasteiger partial charge in [-0.15, -0.1) is 11.8 Å². The first kappa shape index (κ1) is 40.2. The van der Waals surface area contributed by atoms with Gasteiger partial charge in [0.15, 0.2) is 5.82 Å². The van der Waals surface area contributed by atoms with E-state index in [1.165, 1.54) is 18.5 Å². The van der Waals surface area contributed by atoms with Gasteiger partial charge in [0.05, 0.1) is 35.1 Å². The Morgan fingerprint density at radius 1 is 0.831 bits per heavy atom. The lowest BCUT2D eigenvalue weighted by atomic mass is 10.2. The number of thioether (sulfide) groups is 1. The number of ether oxygens (including phenoxy) is 1. The van der Waals surface area contributed by atoms with Crippen LogP contribution in [-0.2, 0) is 21.3 Å². The second-order valence-electron chi connectivity index (χ2n) is 14.5. The number of morpholine rings is 1. The van der Waals surface area contributed by atoms with E-state index in [1.807, 2.05) is 79.1 Å². The van der Waals surface area contributed by atoms with Crippen molar-refractivity contribution in [2.75, 3.05) is 79.7 Å². The van der Waals surface area contributed by atoms with E-state index >= 15 is 0 Å². The topological polar surface area (TPSA) is 164 Å². The van der Waals surface area contributed by atoms with Gasteiger partial charge in [0, 0.05) is 97.7 Å². The maximum absolute atomic E-state index is 13.8. The number of aromatic nitrogens is 4. The molecule has 0 spiro atoms. The summed E-state index contributed by atoms with van der Waals surface area (Å²) in [6, 6.07) is 29.7. The normalized spacial score (nSPS) is 15.9. The molecular formula is C42H46N10O5S2. The fourth-order valence-electron chi connectivity index (χ4n) is 7.39. The Balaban J connectivity index is 0.935. The van der Waals surface area contributed by atoms with Crippen molar-refractivity contribution in [1.82, 2.24) is 29.3 Å². The van der Waals surface area contributed by atoms with Gasteiger partial charge in [-0.05, 0) is 61.0 Å². The Morgan fingerprint density at radius 2 is 1.59 bits per heavy atom. The third-order valence-electron chi connectivity index (χ3n) is 10.6. The highest BCUT2D eigenvalue weighted by Crippen LogP contribution is 2.32. The molecular weight excluding hydrogens is 789 g/mol. The molecule has 0 aliphatic carbocycles. The van der Waals surface area contributed by atoms with Crippen LogP contribution in [0.15, 0.2) is 126 Å². The summed E-state index contributed by atoms with van der Waals surface area (Å²) >= 11 is 1.67. The smallest absolute Gasteiger partial charge is 0.293 e. The van der Waals surface area contributed by atoms with Crippen LogP contribution in [-0.4, -0.2) is 113 Å². The van der Waals surface area contributed by atoms with Gasteiger partial charge in [0.1, 0.15) is 17.8 Å². The first-order valence-corrected chi connectivity index (χ1v) is 22.1. The number of nitro benzene ring substituents is 1. The fraction of sp³-hybridized carbons (Fsp3) is 0.310. The molecule has 59 heavy (non-hydrogen) atoms. The van der Waals surface area contributed by atoms with Crippen molar-refractivity contribution in [2.45, 2.75) is 28.8 Å². The minimum absolute atomic E-state index is 0.0891. The predicted octanol–water partition coefficient (Wildman–Crippen LogP) is 6.14. The van der Waals surface area contributed by atoms with E-state index in [-0.39, 0.29) is 28.1 Å². The van der Waals surface area contributed by atoms with E-state index in [9.17, 15) is 18.5 Å². The van der Waals surface area contributed by atoms with Crippen LogP contribution in [0, 0.1) is 10.1 Å². The molecule has 306 valence electrons. The molecule has 2 saturated heterocycles. The summed E-state index contributed by atoms with van der Waals surface area (Å²) in [5, 5.41) is 16.3. The molecule has 0 radical (unpaired) electrons. The number of rotatable bonds is 16. The maximum Gasteiger partial charge on any atom is 0.293 e. The van der Waals surface area contributed by atoms with E-state index in [1.54, 1.807) is 11.8 Å². The summed E-state index contributed by atoms with van der Waals surface area (Å²) < 4.78 is 37.8. The molecule has 1 atom stereocenters. The van der Waals surface area contributed by atoms with Crippen molar-refractivity contribution in [2.24, 2.45) is 0 Å². The van der Waals surface area contributed by atoms with E-state index in [0.717, 1.165) is 86.9 Å². The number of piperazine rings is 1. The van der Waals surface area contributed by atoms with Gasteiger partial charge in [0.25, 0.3) is 15.7 Å². The number of anilines is 3. The van der Waals surface area contributed by atoms with Gasteiger partial charge < -0.3 is 19.5 Å². The number of nitrogens with zero attached hydrogens (tertiary/aromatic N) is 8. The van der Waals surface area contributed by atoms with Gasteiger partial charge >= 0.3 is 0 Å². The van der Waals surface area contributed by atoms with Crippen molar-refractivity contribution in [3.63, 3.8) is 0 Å². The second-order valence-corrected chi connectivity index (χ2v) is 17.3. The number of hydrogen-bond donors (Lipinski definition) is 2. The van der Waals surface area contributed by atoms with Crippen molar-refractivity contribution in [3.8, 4) is 5.69 Å². The van der Waals surface area contributed by atoms with Gasteiger partial charge in [-0.1, -0.05) is 36.4 Å². The number of sulfonamides is 1. The summed E-state index contributed by atoms with van der Waals surface area (Å²) in [4.78, 5) is 33.0. The van der Waals surface area contributed by atoms with E-state index in [0.29, 0.717) is 29.9 Å². The molecule has 2 aromatic heterocycles. The highest BCUT2D eigenvalue weighted by atomic mass is 32.2. The summed E-state index contributed by atoms with van der Waals surface area (Å²) in [6.45, 7) is 7.85. The largest absolute Gasteiger partial charge is 0.379 e. The van der Waals surface area contributed by atoms with Gasteiger partial charge in [-0.3, -0.25) is 24.6 Å². The molecule has 0 amide bonds. The van der Waals surface area contributed by atoms with Crippen LogP contribution in [0.5, 0.6) is 0 Å². The minimum Gasteiger partial charge on any atom is -0.379 e. The fourth-order valence-corrected chi connectivity index (χ4v) is 9.44. The third-order valence-corrected chi connectivity index (χ3v) is 13.1. The van der Waals surface area contributed by atoms with E-state index in [2.05, 4.69) is 56.4 Å². The zero-order valence-electron chi connectivity index (χ0n) is 32.5. The molecule has 4 aromatic carbocycles. The van der Waals surface area contributed by atoms with Gasteiger partial charge in [-0.25, -0.2) is 23.4 Å². The Morgan fingerprint density at radius 3 is 2.36 bits per heavy atom. The summed E-state index contributed by atoms with van der Waals surface area (Å²) in [5.74, 6) is 1.74. The number of nitrogens with one attached hydrogen (secondary N) is 2. The molecule has 2 fully saturated rings. The molecule has 4 heterocycles. The number of nitro groups is 1. The lowest BCUT2D eigenvalue weighted by Gasteiger charge is -2.36. The molecule has 2 aliphatic heterocycles. The second kappa shape index (κ2) is 18.6.